The summed E-state index contributed by atoms with van der Waals surface area (Å²) in [7, 11) is 0. The maximum absolute atomic E-state index is 12.0. The molecule has 11 rings (SSSR count). The number of carbonyl (C=O) groups excluding carboxylic acids is 1. The molecule has 6 heterocycles. The minimum atomic E-state index is 0.0909. The van der Waals surface area contributed by atoms with Crippen molar-refractivity contribution in [2.45, 2.75) is 39.5 Å². The van der Waals surface area contributed by atoms with Crippen LogP contribution in [0.4, 0.5) is 5.69 Å². The van der Waals surface area contributed by atoms with Crippen molar-refractivity contribution in [1.29, 1.82) is 0 Å². The smallest absolute Gasteiger partial charge is 0.159 e. The van der Waals surface area contributed by atoms with Gasteiger partial charge in [0, 0.05) is 81.0 Å². The molecule has 0 atom stereocenters. The van der Waals surface area contributed by atoms with E-state index >= 15 is 0 Å². The van der Waals surface area contributed by atoms with Gasteiger partial charge in [-0.3, -0.25) is 4.79 Å². The summed E-state index contributed by atoms with van der Waals surface area (Å²) in [6.45, 7) is 5.09. The highest BCUT2D eigenvalue weighted by molar-refractivity contribution is 6.09. The van der Waals surface area contributed by atoms with Crippen LogP contribution in [-0.2, 0) is 26.2 Å². The lowest BCUT2D eigenvalue weighted by Crippen LogP contribution is -2.22. The molecule has 0 radical (unpaired) electrons. The zero-order valence-corrected chi connectivity index (χ0v) is 23.2. The second-order valence-electron chi connectivity index (χ2n) is 11.4. The fourth-order valence-electron chi connectivity index (χ4n) is 6.85. The Labute approximate surface area is 239 Å². The van der Waals surface area contributed by atoms with E-state index in [4.69, 9.17) is 0 Å². The van der Waals surface area contributed by atoms with Crippen molar-refractivity contribution >= 4 is 55.1 Å². The van der Waals surface area contributed by atoms with Crippen molar-refractivity contribution in [3.05, 3.63) is 126 Å². The number of carbonyl (C=O) groups is 1. The number of benzene rings is 5. The predicted octanol–water partition coefficient (Wildman–Crippen LogP) is 8.72. The zero-order valence-electron chi connectivity index (χ0n) is 23.2. The molecule has 0 unspecified atom stereocenters. The number of rotatable bonds is 2. The molecule has 200 valence electrons. The van der Waals surface area contributed by atoms with Crippen LogP contribution in [0.5, 0.6) is 0 Å². The van der Waals surface area contributed by atoms with Gasteiger partial charge in [0.05, 0.1) is 0 Å². The normalized spacial score (nSPS) is 14.0. The van der Waals surface area contributed by atoms with E-state index in [9.17, 15) is 4.79 Å². The number of anilines is 1. The summed E-state index contributed by atoms with van der Waals surface area (Å²) >= 11 is 0. The van der Waals surface area contributed by atoms with Crippen molar-refractivity contribution in [2.75, 3.05) is 4.90 Å². The molecule has 8 bridgehead atoms. The summed E-state index contributed by atoms with van der Waals surface area (Å²) in [5.74, 6) is 0.0909. The first-order chi connectivity index (χ1) is 20.1. The largest absolute Gasteiger partial charge is 0.363 e. The van der Waals surface area contributed by atoms with E-state index in [0.29, 0.717) is 0 Å². The Kier molecular flexibility index (Phi) is 5.49. The van der Waals surface area contributed by atoms with Crippen LogP contribution in [0.25, 0.3) is 43.6 Å². The number of Topliss-reactive ketones (excluding diaryl/α,β-unsaturated/α-hetero) is 1. The molecule has 0 fully saturated rings. The fourth-order valence-corrected chi connectivity index (χ4v) is 6.85. The summed E-state index contributed by atoms with van der Waals surface area (Å²) in [6.07, 6.45) is 1.05. The van der Waals surface area contributed by atoms with Crippen LogP contribution in [0.15, 0.2) is 109 Å². The number of hydrogen-bond donors (Lipinski definition) is 0. The second kappa shape index (κ2) is 9.38. The molecule has 0 saturated carbocycles. The van der Waals surface area contributed by atoms with Crippen molar-refractivity contribution in [2.24, 2.45) is 0 Å². The zero-order chi connectivity index (χ0) is 27.5. The molecule has 0 amide bonds. The highest BCUT2D eigenvalue weighted by Crippen LogP contribution is 2.34. The molecule has 0 N–H and O–H groups in total. The van der Waals surface area contributed by atoms with E-state index in [-0.39, 0.29) is 5.78 Å². The monoisotopic (exact) mass is 533 g/mol. The maximum atomic E-state index is 12.0. The van der Waals surface area contributed by atoms with E-state index in [0.717, 1.165) is 43.9 Å². The molecule has 4 aliphatic heterocycles. The molecule has 4 nitrogen and oxygen atoms in total. The molecule has 0 spiro atoms. The van der Waals surface area contributed by atoms with Gasteiger partial charge in [-0.05, 0) is 85.1 Å². The van der Waals surface area contributed by atoms with Gasteiger partial charge in [0.25, 0.3) is 0 Å². The first-order valence-electron chi connectivity index (χ1n) is 14.5. The molecular weight excluding hydrogens is 502 g/mol. The van der Waals surface area contributed by atoms with Gasteiger partial charge < -0.3 is 14.0 Å². The number of aromatic nitrogens is 2. The minimum Gasteiger partial charge on any atom is -0.363 e. The standard InChI is InChI=1S/C37H31N3O/c1-25(41)28-13-15-29(16-14-28)38-23-26-11-17-36-32(21-26)30-7-2-4-9-34(30)39(36)19-6-20-40-35-10-5-3-8-31(35)33-22-27(24-38)12-18-37(33)40/h2-5,7-18,21-22H,6,19-20,23-24H2,1H3. The summed E-state index contributed by atoms with van der Waals surface area (Å²) in [5, 5.41) is 5.25. The van der Waals surface area contributed by atoms with Crippen LogP contribution in [0.3, 0.4) is 0 Å². The van der Waals surface area contributed by atoms with Crippen molar-refractivity contribution in [3.63, 3.8) is 0 Å². The lowest BCUT2D eigenvalue weighted by Gasteiger charge is -2.26. The third-order valence-corrected chi connectivity index (χ3v) is 8.82. The number of ketones is 1. The molecule has 0 saturated heterocycles. The first-order valence-corrected chi connectivity index (χ1v) is 14.5. The van der Waals surface area contributed by atoms with Gasteiger partial charge in [-0.2, -0.15) is 0 Å². The number of hydrogen-bond acceptors (Lipinski definition) is 2. The third kappa shape index (κ3) is 3.93. The minimum absolute atomic E-state index is 0.0909. The van der Waals surface area contributed by atoms with Crippen molar-refractivity contribution < 1.29 is 4.79 Å². The van der Waals surface area contributed by atoms with E-state index < -0.39 is 0 Å². The van der Waals surface area contributed by atoms with Crippen LogP contribution in [0.1, 0.15) is 34.8 Å². The molecule has 2 aromatic heterocycles. The number of fused-ring (bicyclic) bond motifs is 2. The number of para-hydroxylation sites is 2. The topological polar surface area (TPSA) is 30.2 Å². The van der Waals surface area contributed by atoms with Crippen LogP contribution >= 0.6 is 0 Å². The van der Waals surface area contributed by atoms with Gasteiger partial charge in [0.2, 0.25) is 0 Å². The Morgan fingerprint density at radius 1 is 0.561 bits per heavy atom. The third-order valence-electron chi connectivity index (χ3n) is 8.82. The van der Waals surface area contributed by atoms with E-state index in [1.807, 2.05) is 12.1 Å². The van der Waals surface area contributed by atoms with Gasteiger partial charge in [-0.1, -0.05) is 48.5 Å². The average Bonchev–Trinajstić information content (AvgIpc) is 3.48. The Morgan fingerprint density at radius 2 is 1.05 bits per heavy atom. The lowest BCUT2D eigenvalue weighted by atomic mass is 10.1. The highest BCUT2D eigenvalue weighted by Gasteiger charge is 2.17. The fraction of sp³-hybridized carbons (Fsp3) is 0.162. The molecule has 41 heavy (non-hydrogen) atoms. The highest BCUT2D eigenvalue weighted by atomic mass is 16.1. The van der Waals surface area contributed by atoms with Gasteiger partial charge in [-0.15, -0.1) is 0 Å². The SMILES string of the molecule is CC(=O)c1ccc(N2Cc3ccc4c(c3)c3ccccc3n4CCCn3c4ccccc4c4cc(ccc43)C2)cc1. The molecule has 7 aromatic rings. The molecule has 5 aromatic carbocycles. The second-order valence-corrected chi connectivity index (χ2v) is 11.4. The van der Waals surface area contributed by atoms with Gasteiger partial charge in [0.1, 0.15) is 0 Å². The molecular formula is C37H31N3O. The van der Waals surface area contributed by atoms with Gasteiger partial charge >= 0.3 is 0 Å². The molecule has 4 heteroatoms. The Balaban J connectivity index is 1.34. The Morgan fingerprint density at radius 3 is 1.56 bits per heavy atom. The predicted molar refractivity (Wildman–Crippen MR) is 170 cm³/mol. The van der Waals surface area contributed by atoms with Gasteiger partial charge in [-0.25, -0.2) is 0 Å². The molecule has 0 aliphatic carbocycles. The summed E-state index contributed by atoms with van der Waals surface area (Å²) in [5.41, 5.74) is 9.60. The van der Waals surface area contributed by atoms with Crippen LogP contribution in [0.2, 0.25) is 0 Å². The van der Waals surface area contributed by atoms with E-state index in [2.05, 4.69) is 111 Å². The quantitative estimate of drug-likeness (QED) is 0.208. The number of nitrogens with zero attached hydrogens (tertiary/aromatic N) is 3. The summed E-state index contributed by atoms with van der Waals surface area (Å²) < 4.78 is 5.01. The average molecular weight is 534 g/mol. The van der Waals surface area contributed by atoms with Crippen molar-refractivity contribution in [1.82, 2.24) is 9.13 Å². The van der Waals surface area contributed by atoms with Crippen LogP contribution in [0, 0.1) is 0 Å². The maximum Gasteiger partial charge on any atom is 0.159 e. The van der Waals surface area contributed by atoms with Crippen molar-refractivity contribution in [3.8, 4) is 0 Å². The summed E-state index contributed by atoms with van der Waals surface area (Å²) in [4.78, 5) is 14.4. The van der Waals surface area contributed by atoms with Gasteiger partial charge in [0.15, 0.2) is 5.78 Å². The Hall–Kier alpha value is -4.83. The first kappa shape index (κ1) is 24.0. The van der Waals surface area contributed by atoms with E-state index in [1.165, 1.54) is 54.7 Å². The van der Waals surface area contributed by atoms with Crippen LogP contribution < -0.4 is 4.90 Å². The summed E-state index contributed by atoms with van der Waals surface area (Å²) in [6, 6.07) is 39.7. The Bertz CT molecular complexity index is 1990. The lowest BCUT2D eigenvalue weighted by molar-refractivity contribution is 0.101. The van der Waals surface area contributed by atoms with E-state index in [1.54, 1.807) is 6.92 Å². The number of aryl methyl sites for hydroxylation is 2. The van der Waals surface area contributed by atoms with Crippen LogP contribution in [-0.4, -0.2) is 14.9 Å². The molecule has 4 aliphatic rings.